The molecule has 2 saturated carbocycles. The highest BCUT2D eigenvalue weighted by molar-refractivity contribution is 5.36. The van der Waals surface area contributed by atoms with Crippen LogP contribution in [0, 0.1) is 29.1 Å². The summed E-state index contributed by atoms with van der Waals surface area (Å²) in [6.07, 6.45) is 13.3. The molecule has 0 unspecified atom stereocenters. The highest BCUT2D eigenvalue weighted by Gasteiger charge is 2.47. The van der Waals surface area contributed by atoms with Crippen LogP contribution in [-0.4, -0.2) is 45.8 Å². The second kappa shape index (κ2) is 11.6. The third-order valence-electron chi connectivity index (χ3n) is 8.59. The van der Waals surface area contributed by atoms with Gasteiger partial charge in [0.25, 0.3) is 0 Å². The number of aliphatic hydroxyl groups is 3. The van der Waals surface area contributed by atoms with E-state index in [-0.39, 0.29) is 17.4 Å². The lowest BCUT2D eigenvalue weighted by molar-refractivity contribution is 0.0609. The number of rotatable bonds is 7. The van der Waals surface area contributed by atoms with Gasteiger partial charge in [-0.2, -0.15) is 0 Å². The van der Waals surface area contributed by atoms with Crippen LogP contribution in [-0.2, 0) is 4.74 Å². The zero-order valence-electron chi connectivity index (χ0n) is 21.9. The van der Waals surface area contributed by atoms with Crippen molar-refractivity contribution in [1.82, 2.24) is 0 Å². The smallest absolute Gasteiger partial charge is 0.125 e. The fourth-order valence-electron chi connectivity index (χ4n) is 6.37. The van der Waals surface area contributed by atoms with Crippen molar-refractivity contribution in [3.8, 4) is 11.8 Å². The highest BCUT2D eigenvalue weighted by Crippen LogP contribution is 2.57. The van der Waals surface area contributed by atoms with Crippen molar-refractivity contribution < 1.29 is 20.1 Å². The molecule has 0 bridgehead atoms. The van der Waals surface area contributed by atoms with E-state index in [1.54, 1.807) is 0 Å². The van der Waals surface area contributed by atoms with Crippen molar-refractivity contribution in [3.63, 3.8) is 0 Å². The van der Waals surface area contributed by atoms with Gasteiger partial charge in [-0.1, -0.05) is 74.5 Å². The van der Waals surface area contributed by atoms with E-state index in [1.165, 1.54) is 17.6 Å². The van der Waals surface area contributed by atoms with Crippen LogP contribution >= 0.6 is 0 Å². The summed E-state index contributed by atoms with van der Waals surface area (Å²) in [7, 11) is 0. The summed E-state index contributed by atoms with van der Waals surface area (Å²) in [4.78, 5) is 0. The molecule has 4 heteroatoms. The maximum Gasteiger partial charge on any atom is 0.125 e. The molecular weight excluding hydrogens is 424 g/mol. The molecule has 3 aliphatic rings. The zero-order valence-corrected chi connectivity index (χ0v) is 21.9. The van der Waals surface area contributed by atoms with Gasteiger partial charge in [0.15, 0.2) is 0 Å². The summed E-state index contributed by atoms with van der Waals surface area (Å²) in [5.41, 5.74) is 3.23. The molecule has 34 heavy (non-hydrogen) atoms. The number of hydrogen-bond acceptors (Lipinski definition) is 4. The van der Waals surface area contributed by atoms with Gasteiger partial charge in [-0.15, -0.1) is 0 Å². The van der Waals surface area contributed by atoms with Crippen molar-refractivity contribution in [3.05, 3.63) is 34.9 Å². The fraction of sp³-hybridized carbons (Fsp3) is 0.733. The van der Waals surface area contributed by atoms with Crippen LogP contribution in [0.3, 0.4) is 0 Å². The molecule has 0 aliphatic heterocycles. The third kappa shape index (κ3) is 6.05. The zero-order chi connectivity index (χ0) is 24.9. The van der Waals surface area contributed by atoms with Crippen molar-refractivity contribution in [1.29, 1.82) is 0 Å². The Morgan fingerprint density at radius 2 is 1.85 bits per heavy atom. The lowest BCUT2D eigenvalue weighted by atomic mass is 9.62. The molecular formula is C30H46O4. The normalized spacial score (nSPS) is 32.5. The summed E-state index contributed by atoms with van der Waals surface area (Å²) < 4.78 is 6.10. The van der Waals surface area contributed by atoms with Gasteiger partial charge < -0.3 is 20.1 Å². The van der Waals surface area contributed by atoms with Crippen LogP contribution in [0.5, 0.6) is 0 Å². The lowest BCUT2D eigenvalue weighted by Gasteiger charge is -2.43. The largest absolute Gasteiger partial charge is 0.393 e. The Morgan fingerprint density at radius 1 is 1.18 bits per heavy atom. The van der Waals surface area contributed by atoms with Gasteiger partial charge in [-0.3, -0.25) is 0 Å². The molecule has 0 spiro atoms. The van der Waals surface area contributed by atoms with Crippen LogP contribution < -0.4 is 0 Å². The van der Waals surface area contributed by atoms with Crippen LogP contribution in [0.2, 0.25) is 0 Å². The molecule has 0 saturated heterocycles. The molecule has 3 rings (SSSR count). The van der Waals surface area contributed by atoms with Gasteiger partial charge in [0, 0.05) is 12.5 Å². The summed E-state index contributed by atoms with van der Waals surface area (Å²) >= 11 is 0. The molecule has 2 fully saturated rings. The van der Waals surface area contributed by atoms with Gasteiger partial charge in [0.05, 0.1) is 12.2 Å². The van der Waals surface area contributed by atoms with Gasteiger partial charge in [-0.05, 0) is 76.0 Å². The van der Waals surface area contributed by atoms with Gasteiger partial charge in [0.1, 0.15) is 11.7 Å². The molecule has 3 aliphatic carbocycles. The Kier molecular flexibility index (Phi) is 9.26. The molecule has 0 aromatic carbocycles. The average Bonchev–Trinajstić information content (AvgIpc) is 3.16. The van der Waals surface area contributed by atoms with E-state index in [0.29, 0.717) is 44.6 Å². The number of fused-ring (bicyclic) bond motifs is 1. The van der Waals surface area contributed by atoms with Crippen molar-refractivity contribution in [2.45, 2.75) is 116 Å². The number of aliphatic hydroxyl groups excluding tert-OH is 2. The molecule has 3 N–H and O–H groups in total. The molecule has 4 nitrogen and oxygen atoms in total. The monoisotopic (exact) mass is 470 g/mol. The van der Waals surface area contributed by atoms with E-state index in [2.05, 4.69) is 43.9 Å². The van der Waals surface area contributed by atoms with Crippen LogP contribution in [0.15, 0.2) is 34.9 Å². The molecule has 0 amide bonds. The van der Waals surface area contributed by atoms with E-state index >= 15 is 0 Å². The Hall–Kier alpha value is -1.38. The maximum absolute atomic E-state index is 10.7. The summed E-state index contributed by atoms with van der Waals surface area (Å²) in [6.45, 7) is 11.2. The third-order valence-corrected chi connectivity index (χ3v) is 8.59. The van der Waals surface area contributed by atoms with Crippen molar-refractivity contribution in [2.24, 2.45) is 17.3 Å². The predicted octanol–water partition coefficient (Wildman–Crippen LogP) is 5.48. The Bertz CT molecular complexity index is 841. The van der Waals surface area contributed by atoms with Crippen molar-refractivity contribution >= 4 is 0 Å². The standard InChI is InChI=1S/C30H46O4/c1-6-30(33,7-2)17-15-28(34-8-3)21(4)26-13-14-27-23(10-9-16-29(26,27)5)12-11-22-18-24(31)20-25(32)19-22/h11-13,21,24-25,27-28,31-33H,6-10,14,16,18-20H2,1-5H3/b23-12+/t21-,24+,25+,27-,28-,29+/m0/s1. The second-order valence-corrected chi connectivity index (χ2v) is 10.9. The Balaban J connectivity index is 1.80. The molecule has 0 aromatic heterocycles. The van der Waals surface area contributed by atoms with E-state index in [4.69, 9.17) is 4.74 Å². The van der Waals surface area contributed by atoms with Crippen LogP contribution in [0.25, 0.3) is 0 Å². The maximum atomic E-state index is 10.7. The van der Waals surface area contributed by atoms with E-state index in [0.717, 1.165) is 24.8 Å². The van der Waals surface area contributed by atoms with E-state index in [9.17, 15) is 15.3 Å². The van der Waals surface area contributed by atoms with E-state index in [1.807, 2.05) is 20.8 Å². The van der Waals surface area contributed by atoms with E-state index < -0.39 is 17.8 Å². The number of ether oxygens (including phenoxy) is 1. The first kappa shape index (κ1) is 27.2. The Morgan fingerprint density at radius 3 is 2.47 bits per heavy atom. The van der Waals surface area contributed by atoms with Gasteiger partial charge in [-0.25, -0.2) is 0 Å². The average molecular weight is 471 g/mol. The summed E-state index contributed by atoms with van der Waals surface area (Å²) in [5.74, 6) is 7.09. The minimum Gasteiger partial charge on any atom is -0.393 e. The second-order valence-electron chi connectivity index (χ2n) is 10.9. The topological polar surface area (TPSA) is 69.9 Å². The summed E-state index contributed by atoms with van der Waals surface area (Å²) in [6, 6.07) is 0. The first-order valence-electron chi connectivity index (χ1n) is 13.5. The highest BCUT2D eigenvalue weighted by atomic mass is 16.5. The van der Waals surface area contributed by atoms with Gasteiger partial charge >= 0.3 is 0 Å². The quantitative estimate of drug-likeness (QED) is 0.340. The number of allylic oxidation sites excluding steroid dienone is 4. The number of hydrogen-bond donors (Lipinski definition) is 3. The van der Waals surface area contributed by atoms with Crippen molar-refractivity contribution in [2.75, 3.05) is 6.61 Å². The molecule has 6 atom stereocenters. The van der Waals surface area contributed by atoms with Gasteiger partial charge in [0.2, 0.25) is 0 Å². The minimum atomic E-state index is -0.944. The molecule has 0 radical (unpaired) electrons. The fourth-order valence-corrected chi connectivity index (χ4v) is 6.37. The minimum absolute atomic E-state index is 0.0937. The molecule has 190 valence electrons. The SMILES string of the molecule is CCO[C@@H](C#CC(O)(CC)CC)[C@@H](C)C1=CC[C@H]2/C(=C/C=C3C[C@@H](O)C[C@H](O)C3)CCC[C@]12C. The first-order chi connectivity index (χ1) is 16.2. The summed E-state index contributed by atoms with van der Waals surface area (Å²) in [5, 5.41) is 30.7. The molecule has 0 aromatic rings. The Labute approximate surface area is 207 Å². The lowest BCUT2D eigenvalue weighted by Crippen LogP contribution is -2.36. The van der Waals surface area contributed by atoms with Crippen LogP contribution in [0.1, 0.15) is 92.4 Å². The predicted molar refractivity (Wildman–Crippen MR) is 138 cm³/mol. The van der Waals surface area contributed by atoms with Crippen LogP contribution in [0.4, 0.5) is 0 Å². The molecule has 0 heterocycles. The first-order valence-corrected chi connectivity index (χ1v) is 13.5.